The maximum atomic E-state index is 11.2. The van der Waals surface area contributed by atoms with E-state index in [1.54, 1.807) is 17.8 Å². The quantitative estimate of drug-likeness (QED) is 0.742. The molecule has 0 unspecified atom stereocenters. The van der Waals surface area contributed by atoms with Gasteiger partial charge in [0.2, 0.25) is 0 Å². The molecular weight excluding hydrogens is 230 g/mol. The highest BCUT2D eigenvalue weighted by Gasteiger charge is 2.04. The van der Waals surface area contributed by atoms with Gasteiger partial charge >= 0.3 is 0 Å². The highest BCUT2D eigenvalue weighted by atomic mass is 16.5. The van der Waals surface area contributed by atoms with Crippen molar-refractivity contribution < 1.29 is 4.74 Å². The molecule has 0 aliphatic rings. The van der Waals surface area contributed by atoms with Crippen molar-refractivity contribution >= 4 is 5.65 Å². The van der Waals surface area contributed by atoms with Crippen LogP contribution in [0.2, 0.25) is 0 Å². The molecule has 3 aromatic rings. The second-order valence-electron chi connectivity index (χ2n) is 3.89. The number of nitrogens with one attached hydrogen (secondary N) is 1. The lowest BCUT2D eigenvalue weighted by atomic mass is 10.2. The van der Waals surface area contributed by atoms with Gasteiger partial charge in [-0.3, -0.25) is 9.89 Å². The van der Waals surface area contributed by atoms with Gasteiger partial charge in [-0.05, 0) is 24.3 Å². The highest BCUT2D eigenvalue weighted by Crippen LogP contribution is 2.19. The molecule has 0 aliphatic carbocycles. The van der Waals surface area contributed by atoms with Gasteiger partial charge in [0.15, 0.2) is 16.9 Å². The van der Waals surface area contributed by atoms with Gasteiger partial charge in [0, 0.05) is 23.9 Å². The molecular formula is C13H11N3O2. The second-order valence-corrected chi connectivity index (χ2v) is 3.89. The van der Waals surface area contributed by atoms with E-state index in [0.717, 1.165) is 11.3 Å². The van der Waals surface area contributed by atoms with Gasteiger partial charge in [-0.1, -0.05) is 0 Å². The Labute approximate surface area is 103 Å². The van der Waals surface area contributed by atoms with E-state index in [4.69, 9.17) is 4.74 Å². The molecule has 0 aliphatic heterocycles. The molecule has 0 saturated carbocycles. The summed E-state index contributed by atoms with van der Waals surface area (Å²) >= 11 is 0. The van der Waals surface area contributed by atoms with Gasteiger partial charge in [0.1, 0.15) is 5.75 Å². The molecule has 2 aromatic heterocycles. The standard InChI is InChI=1S/C13H11N3O2/c1-18-11-4-2-9(3-5-11)13-14-12-8-10(17)6-7-16(12)15-13/h2-8H,1H3,(H,14,15). The van der Waals surface area contributed by atoms with Crippen LogP contribution in [0, 0.1) is 0 Å². The van der Waals surface area contributed by atoms with Gasteiger partial charge in [0.05, 0.1) is 7.11 Å². The summed E-state index contributed by atoms with van der Waals surface area (Å²) in [5, 5.41) is 3.10. The number of hydrogen-bond acceptors (Lipinski definition) is 3. The number of aromatic nitrogens is 3. The van der Waals surface area contributed by atoms with Crippen molar-refractivity contribution in [1.82, 2.24) is 14.6 Å². The van der Waals surface area contributed by atoms with Crippen molar-refractivity contribution in [2.45, 2.75) is 0 Å². The van der Waals surface area contributed by atoms with E-state index in [2.05, 4.69) is 10.1 Å². The normalized spacial score (nSPS) is 10.7. The Bertz CT molecular complexity index is 741. The summed E-state index contributed by atoms with van der Waals surface area (Å²) in [5.74, 6) is 1.51. The molecule has 5 heteroatoms. The zero-order valence-corrected chi connectivity index (χ0v) is 9.75. The molecule has 1 N–H and O–H groups in total. The Morgan fingerprint density at radius 3 is 2.72 bits per heavy atom. The van der Waals surface area contributed by atoms with E-state index in [1.807, 2.05) is 24.3 Å². The lowest BCUT2D eigenvalue weighted by Gasteiger charge is -1.99. The third kappa shape index (κ3) is 1.75. The van der Waals surface area contributed by atoms with E-state index in [1.165, 1.54) is 12.1 Å². The van der Waals surface area contributed by atoms with Crippen LogP contribution in [0.4, 0.5) is 0 Å². The monoisotopic (exact) mass is 241 g/mol. The molecule has 0 bridgehead atoms. The van der Waals surface area contributed by atoms with Crippen LogP contribution >= 0.6 is 0 Å². The van der Waals surface area contributed by atoms with E-state index >= 15 is 0 Å². The summed E-state index contributed by atoms with van der Waals surface area (Å²) in [7, 11) is 1.63. The first kappa shape index (κ1) is 10.6. The van der Waals surface area contributed by atoms with Crippen LogP contribution in [-0.2, 0) is 0 Å². The Hall–Kier alpha value is -2.56. The first-order valence-corrected chi connectivity index (χ1v) is 5.49. The number of hydrogen-bond donors (Lipinski definition) is 1. The topological polar surface area (TPSA) is 59.4 Å². The van der Waals surface area contributed by atoms with Gasteiger partial charge in [0.25, 0.3) is 0 Å². The summed E-state index contributed by atoms with van der Waals surface area (Å²) < 4.78 is 6.81. The molecule has 0 saturated heterocycles. The third-order valence-corrected chi connectivity index (χ3v) is 2.72. The van der Waals surface area contributed by atoms with Crippen LogP contribution in [-0.4, -0.2) is 21.7 Å². The molecule has 0 fully saturated rings. The highest BCUT2D eigenvalue weighted by molar-refractivity contribution is 5.59. The van der Waals surface area contributed by atoms with Gasteiger partial charge in [-0.15, -0.1) is 0 Å². The summed E-state index contributed by atoms with van der Waals surface area (Å²) in [6.45, 7) is 0. The van der Waals surface area contributed by atoms with Crippen molar-refractivity contribution in [3.05, 3.63) is 52.8 Å². The Kier molecular flexibility index (Phi) is 2.37. The fourth-order valence-corrected chi connectivity index (χ4v) is 1.78. The third-order valence-electron chi connectivity index (χ3n) is 2.72. The molecule has 90 valence electrons. The molecule has 1 aromatic carbocycles. The SMILES string of the molecule is COc1ccc(-c2nc3cc(=O)ccn3[nH]2)cc1. The fourth-order valence-electron chi connectivity index (χ4n) is 1.78. The number of methoxy groups -OCH3 is 1. The predicted octanol–water partition coefficient (Wildman–Crippen LogP) is 1.70. The molecule has 3 rings (SSSR count). The number of pyridine rings is 1. The Balaban J connectivity index is 2.10. The fraction of sp³-hybridized carbons (Fsp3) is 0.0769. The predicted molar refractivity (Wildman–Crippen MR) is 67.8 cm³/mol. The van der Waals surface area contributed by atoms with Crippen molar-refractivity contribution in [3.8, 4) is 17.1 Å². The van der Waals surface area contributed by atoms with Crippen LogP contribution < -0.4 is 10.2 Å². The zero-order valence-electron chi connectivity index (χ0n) is 9.75. The smallest absolute Gasteiger partial charge is 0.183 e. The average Bonchev–Trinajstić information content (AvgIpc) is 2.81. The lowest BCUT2D eigenvalue weighted by Crippen LogP contribution is -1.98. The van der Waals surface area contributed by atoms with E-state index < -0.39 is 0 Å². The van der Waals surface area contributed by atoms with E-state index in [9.17, 15) is 4.79 Å². The van der Waals surface area contributed by atoms with Crippen LogP contribution in [0.3, 0.4) is 0 Å². The molecule has 0 amide bonds. The largest absolute Gasteiger partial charge is 0.497 e. The summed E-state index contributed by atoms with van der Waals surface area (Å²) in [5.41, 5.74) is 1.49. The average molecular weight is 241 g/mol. The maximum absolute atomic E-state index is 11.2. The Morgan fingerprint density at radius 2 is 2.00 bits per heavy atom. The van der Waals surface area contributed by atoms with Crippen LogP contribution in [0.5, 0.6) is 5.75 Å². The summed E-state index contributed by atoms with van der Waals surface area (Å²) in [4.78, 5) is 15.6. The number of H-pyrrole nitrogens is 1. The molecule has 5 nitrogen and oxygen atoms in total. The maximum Gasteiger partial charge on any atom is 0.183 e. The first-order valence-electron chi connectivity index (χ1n) is 5.49. The van der Waals surface area contributed by atoms with Gasteiger partial charge < -0.3 is 4.74 Å². The molecule has 2 heterocycles. The van der Waals surface area contributed by atoms with Crippen molar-refractivity contribution in [1.29, 1.82) is 0 Å². The molecule has 0 spiro atoms. The zero-order chi connectivity index (χ0) is 12.5. The van der Waals surface area contributed by atoms with Crippen molar-refractivity contribution in [2.75, 3.05) is 7.11 Å². The van der Waals surface area contributed by atoms with Crippen LogP contribution in [0.25, 0.3) is 17.0 Å². The number of rotatable bonds is 2. The number of aromatic amines is 1. The second kappa shape index (κ2) is 4.03. The first-order chi connectivity index (χ1) is 8.76. The molecule has 0 radical (unpaired) electrons. The minimum Gasteiger partial charge on any atom is -0.497 e. The van der Waals surface area contributed by atoms with E-state index in [-0.39, 0.29) is 5.43 Å². The minimum absolute atomic E-state index is 0.0530. The lowest BCUT2D eigenvalue weighted by molar-refractivity contribution is 0.415. The summed E-state index contributed by atoms with van der Waals surface area (Å²) in [6.07, 6.45) is 1.66. The number of benzene rings is 1. The van der Waals surface area contributed by atoms with Gasteiger partial charge in [-0.2, -0.15) is 0 Å². The minimum atomic E-state index is -0.0530. The Morgan fingerprint density at radius 1 is 1.22 bits per heavy atom. The number of nitrogens with zero attached hydrogens (tertiary/aromatic N) is 2. The van der Waals surface area contributed by atoms with Crippen molar-refractivity contribution in [2.24, 2.45) is 0 Å². The number of fused-ring (bicyclic) bond motifs is 1. The van der Waals surface area contributed by atoms with Crippen molar-refractivity contribution in [3.63, 3.8) is 0 Å². The molecule has 18 heavy (non-hydrogen) atoms. The van der Waals surface area contributed by atoms with Gasteiger partial charge in [-0.25, -0.2) is 9.50 Å². The number of ether oxygens (including phenoxy) is 1. The van der Waals surface area contributed by atoms with Crippen LogP contribution in [0.1, 0.15) is 0 Å². The van der Waals surface area contributed by atoms with Crippen LogP contribution in [0.15, 0.2) is 47.4 Å². The molecule has 0 atom stereocenters. The van der Waals surface area contributed by atoms with E-state index in [0.29, 0.717) is 11.5 Å². The summed E-state index contributed by atoms with van der Waals surface area (Å²) in [6, 6.07) is 10.5.